The van der Waals surface area contributed by atoms with Crippen LogP contribution in [0.15, 0.2) is 60.0 Å². The molecule has 1 aromatic heterocycles. The second-order valence-corrected chi connectivity index (χ2v) is 7.26. The topological polar surface area (TPSA) is 71.1 Å². The van der Waals surface area contributed by atoms with Crippen molar-refractivity contribution in [2.75, 3.05) is 7.05 Å². The Morgan fingerprint density at radius 1 is 1.07 bits per heavy atom. The zero-order valence-corrected chi connectivity index (χ0v) is 16.5. The lowest BCUT2D eigenvalue weighted by molar-refractivity contribution is -0.116. The fourth-order valence-electron chi connectivity index (χ4n) is 2.60. The molecule has 0 spiro atoms. The zero-order valence-electron chi connectivity index (χ0n) is 15.7. The van der Waals surface area contributed by atoms with Crippen LogP contribution in [0.5, 0.6) is 0 Å². The van der Waals surface area contributed by atoms with E-state index >= 15 is 0 Å². The first kappa shape index (κ1) is 19.5. The predicted octanol–water partition coefficient (Wildman–Crippen LogP) is 3.81. The average molecular weight is 391 g/mol. The quantitative estimate of drug-likeness (QED) is 0.628. The predicted molar refractivity (Wildman–Crippen MR) is 113 cm³/mol. The molecular weight excluding hydrogens is 370 g/mol. The minimum atomic E-state index is -0.172. The van der Waals surface area contributed by atoms with Crippen molar-refractivity contribution < 1.29 is 9.59 Å². The molecule has 2 aromatic carbocycles. The number of hydrogen-bond donors (Lipinski definition) is 2. The maximum absolute atomic E-state index is 12.0. The largest absolute Gasteiger partial charge is 0.355 e. The molecule has 0 aliphatic heterocycles. The van der Waals surface area contributed by atoms with E-state index in [0.29, 0.717) is 12.1 Å². The maximum atomic E-state index is 12.0. The van der Waals surface area contributed by atoms with E-state index in [9.17, 15) is 9.59 Å². The Morgan fingerprint density at radius 3 is 2.39 bits per heavy atom. The summed E-state index contributed by atoms with van der Waals surface area (Å²) in [5.74, 6) is -0.307. The highest BCUT2D eigenvalue weighted by Crippen LogP contribution is 2.21. The Kier molecular flexibility index (Phi) is 6.34. The molecular formula is C22H21N3O2S. The van der Waals surface area contributed by atoms with Crippen molar-refractivity contribution in [2.24, 2.45) is 0 Å². The van der Waals surface area contributed by atoms with E-state index in [-0.39, 0.29) is 11.8 Å². The van der Waals surface area contributed by atoms with E-state index in [1.807, 2.05) is 36.6 Å². The molecule has 0 fully saturated rings. The molecule has 0 bridgehead atoms. The molecule has 0 saturated heterocycles. The van der Waals surface area contributed by atoms with Crippen LogP contribution in [0.2, 0.25) is 0 Å². The van der Waals surface area contributed by atoms with Crippen LogP contribution < -0.4 is 10.6 Å². The molecule has 3 aromatic rings. The van der Waals surface area contributed by atoms with Crippen LogP contribution in [0.3, 0.4) is 0 Å². The summed E-state index contributed by atoms with van der Waals surface area (Å²) in [6.45, 7) is 2.44. The minimum absolute atomic E-state index is 0.135. The van der Waals surface area contributed by atoms with Crippen LogP contribution in [0, 0.1) is 6.92 Å². The highest BCUT2D eigenvalue weighted by atomic mass is 32.1. The first-order valence-electron chi connectivity index (χ1n) is 8.84. The smallest absolute Gasteiger partial charge is 0.251 e. The third kappa shape index (κ3) is 5.14. The number of rotatable bonds is 6. The van der Waals surface area contributed by atoms with E-state index in [0.717, 1.165) is 27.4 Å². The molecule has 0 saturated carbocycles. The van der Waals surface area contributed by atoms with Crippen LogP contribution in [0.25, 0.3) is 17.3 Å². The van der Waals surface area contributed by atoms with Gasteiger partial charge in [-0.1, -0.05) is 36.4 Å². The number of amides is 2. The van der Waals surface area contributed by atoms with Crippen LogP contribution in [-0.4, -0.2) is 23.8 Å². The number of carbonyl (C=O) groups is 2. The molecule has 2 N–H and O–H groups in total. The Morgan fingerprint density at radius 2 is 1.79 bits per heavy atom. The van der Waals surface area contributed by atoms with Crippen LogP contribution in [0.1, 0.15) is 26.5 Å². The fraction of sp³-hybridized carbons (Fsp3) is 0.136. The average Bonchev–Trinajstić information content (AvgIpc) is 3.17. The number of hydrogen-bond acceptors (Lipinski definition) is 4. The van der Waals surface area contributed by atoms with Crippen molar-refractivity contribution in [1.82, 2.24) is 15.6 Å². The van der Waals surface area contributed by atoms with Gasteiger partial charge in [0.1, 0.15) is 0 Å². The Labute approximate surface area is 168 Å². The van der Waals surface area contributed by atoms with E-state index in [1.165, 1.54) is 6.08 Å². The number of carbonyl (C=O) groups excluding carboxylic acids is 2. The number of thiazole rings is 1. The van der Waals surface area contributed by atoms with Gasteiger partial charge in [0.15, 0.2) is 0 Å². The van der Waals surface area contributed by atoms with Gasteiger partial charge in [-0.3, -0.25) is 9.59 Å². The lowest BCUT2D eigenvalue weighted by Crippen LogP contribution is -2.20. The summed E-state index contributed by atoms with van der Waals surface area (Å²) in [5, 5.41) is 8.52. The van der Waals surface area contributed by atoms with Gasteiger partial charge >= 0.3 is 0 Å². The normalized spacial score (nSPS) is 10.8. The summed E-state index contributed by atoms with van der Waals surface area (Å²) in [5.41, 5.74) is 4.50. The van der Waals surface area contributed by atoms with Crippen LogP contribution in [-0.2, 0) is 11.3 Å². The summed E-state index contributed by atoms with van der Waals surface area (Å²) in [4.78, 5) is 28.0. The van der Waals surface area contributed by atoms with Crippen LogP contribution >= 0.6 is 11.3 Å². The third-order valence-corrected chi connectivity index (χ3v) is 4.94. The van der Waals surface area contributed by atoms with E-state index in [4.69, 9.17) is 0 Å². The molecule has 0 unspecified atom stereocenters. The molecule has 2 amide bonds. The van der Waals surface area contributed by atoms with E-state index in [2.05, 4.69) is 15.6 Å². The Hall–Kier alpha value is -3.25. The summed E-state index contributed by atoms with van der Waals surface area (Å²) in [7, 11) is 1.59. The first-order chi connectivity index (χ1) is 13.5. The van der Waals surface area contributed by atoms with Gasteiger partial charge < -0.3 is 10.6 Å². The molecule has 28 heavy (non-hydrogen) atoms. The van der Waals surface area contributed by atoms with E-state index in [1.54, 1.807) is 48.7 Å². The highest BCUT2D eigenvalue weighted by molar-refractivity contribution is 7.09. The SMILES string of the molecule is CNC(=O)c1ccc(C=CC(=O)NCc2ccc(-c3csc(C)n3)cc2)cc1. The number of aryl methyl sites for hydroxylation is 1. The molecule has 0 atom stereocenters. The minimum Gasteiger partial charge on any atom is -0.355 e. The van der Waals surface area contributed by atoms with Gasteiger partial charge in [0, 0.05) is 36.2 Å². The number of benzene rings is 2. The number of aromatic nitrogens is 1. The molecule has 5 nitrogen and oxygen atoms in total. The van der Waals surface area contributed by atoms with Crippen molar-refractivity contribution in [2.45, 2.75) is 13.5 Å². The van der Waals surface area contributed by atoms with Gasteiger partial charge in [-0.2, -0.15) is 0 Å². The standard InChI is InChI=1S/C22H21N3O2S/c1-15-25-20(14-28-15)18-8-5-17(6-9-18)13-24-21(26)12-7-16-3-10-19(11-4-16)22(27)23-2/h3-12,14H,13H2,1-2H3,(H,23,27)(H,24,26). The van der Waals surface area contributed by atoms with Gasteiger partial charge in [0.05, 0.1) is 10.7 Å². The van der Waals surface area contributed by atoms with Crippen molar-refractivity contribution in [1.29, 1.82) is 0 Å². The third-order valence-electron chi connectivity index (χ3n) is 4.16. The molecule has 0 aliphatic carbocycles. The maximum Gasteiger partial charge on any atom is 0.251 e. The molecule has 1 heterocycles. The molecule has 0 aliphatic rings. The molecule has 0 radical (unpaired) electrons. The lowest BCUT2D eigenvalue weighted by Gasteiger charge is -2.04. The Balaban J connectivity index is 1.52. The zero-order chi connectivity index (χ0) is 19.9. The van der Waals surface area contributed by atoms with Crippen molar-refractivity contribution >= 4 is 29.2 Å². The van der Waals surface area contributed by atoms with Gasteiger partial charge in [-0.25, -0.2) is 4.98 Å². The number of nitrogens with zero attached hydrogens (tertiary/aromatic N) is 1. The van der Waals surface area contributed by atoms with Crippen molar-refractivity contribution in [3.05, 3.63) is 81.7 Å². The monoisotopic (exact) mass is 391 g/mol. The molecule has 142 valence electrons. The Bertz CT molecular complexity index is 989. The van der Waals surface area contributed by atoms with Gasteiger partial charge in [0.25, 0.3) is 5.91 Å². The summed E-state index contributed by atoms with van der Waals surface area (Å²) in [6.07, 6.45) is 3.21. The summed E-state index contributed by atoms with van der Waals surface area (Å²) < 4.78 is 0. The number of nitrogens with one attached hydrogen (secondary N) is 2. The van der Waals surface area contributed by atoms with Gasteiger partial charge in [-0.15, -0.1) is 11.3 Å². The fourth-order valence-corrected chi connectivity index (χ4v) is 3.22. The van der Waals surface area contributed by atoms with Crippen molar-refractivity contribution in [3.63, 3.8) is 0 Å². The second-order valence-electron chi connectivity index (χ2n) is 6.20. The van der Waals surface area contributed by atoms with Gasteiger partial charge in [-0.05, 0) is 36.3 Å². The van der Waals surface area contributed by atoms with Crippen LogP contribution in [0.4, 0.5) is 0 Å². The van der Waals surface area contributed by atoms with E-state index < -0.39 is 0 Å². The highest BCUT2D eigenvalue weighted by Gasteiger charge is 2.03. The molecule has 3 rings (SSSR count). The summed E-state index contributed by atoms with van der Waals surface area (Å²) in [6, 6.07) is 15.1. The first-order valence-corrected chi connectivity index (χ1v) is 9.72. The lowest BCUT2D eigenvalue weighted by atomic mass is 10.1. The summed E-state index contributed by atoms with van der Waals surface area (Å²) >= 11 is 1.63. The molecule has 6 heteroatoms. The second kappa shape index (κ2) is 9.10. The van der Waals surface area contributed by atoms with Crippen molar-refractivity contribution in [3.8, 4) is 11.3 Å². The van der Waals surface area contributed by atoms with Gasteiger partial charge in [0.2, 0.25) is 5.91 Å².